The van der Waals surface area contributed by atoms with Crippen LogP contribution in [0.3, 0.4) is 0 Å². The lowest BCUT2D eigenvalue weighted by molar-refractivity contribution is 0.349. The number of aromatic nitrogens is 2. The van der Waals surface area contributed by atoms with Crippen molar-refractivity contribution in [3.05, 3.63) is 11.9 Å². The van der Waals surface area contributed by atoms with Gasteiger partial charge in [-0.3, -0.25) is 0 Å². The number of nitrogens with zero attached hydrogens (tertiary/aromatic N) is 2. The van der Waals surface area contributed by atoms with Gasteiger partial charge in [-0.25, -0.2) is 9.97 Å². The molecule has 0 aromatic carbocycles. The molecule has 4 nitrogen and oxygen atoms in total. The maximum absolute atomic E-state index is 5.85. The molecule has 2 unspecified atom stereocenters. The van der Waals surface area contributed by atoms with Crippen molar-refractivity contribution in [3.63, 3.8) is 0 Å². The lowest BCUT2D eigenvalue weighted by Gasteiger charge is -2.30. The fraction of sp³-hybridized carbons (Fsp3) is 0.714. The number of hydrogen-bond donors (Lipinski definition) is 2. The number of nitrogens with one attached hydrogen (secondary N) is 1. The Morgan fingerprint density at radius 3 is 2.67 bits per heavy atom. The first-order valence-electron chi connectivity index (χ1n) is 6.97. The Hall–Kier alpha value is -1.32. The molecule has 4 heteroatoms. The summed E-state index contributed by atoms with van der Waals surface area (Å²) in [5.74, 6) is 3.26. The highest BCUT2D eigenvalue weighted by atomic mass is 15.1. The van der Waals surface area contributed by atoms with Gasteiger partial charge in [-0.15, -0.1) is 0 Å². The lowest BCUT2D eigenvalue weighted by Crippen LogP contribution is -2.30. The van der Waals surface area contributed by atoms with E-state index < -0.39 is 0 Å². The number of nitrogens with two attached hydrogens (primary N) is 1. The van der Waals surface area contributed by atoms with Crippen molar-refractivity contribution in [2.75, 3.05) is 11.1 Å². The van der Waals surface area contributed by atoms with Crippen molar-refractivity contribution in [2.45, 2.75) is 58.4 Å². The molecule has 3 N–H and O–H groups in total. The van der Waals surface area contributed by atoms with Gasteiger partial charge in [0.2, 0.25) is 0 Å². The highest BCUT2D eigenvalue weighted by Gasteiger charge is 2.21. The lowest BCUT2D eigenvalue weighted by atomic mass is 9.86. The third kappa shape index (κ3) is 3.12. The summed E-state index contributed by atoms with van der Waals surface area (Å²) < 4.78 is 0. The Balaban J connectivity index is 2.12. The summed E-state index contributed by atoms with van der Waals surface area (Å²) in [4.78, 5) is 8.83. The average molecular weight is 248 g/mol. The molecule has 0 saturated heterocycles. The van der Waals surface area contributed by atoms with Crippen molar-refractivity contribution in [1.29, 1.82) is 0 Å². The van der Waals surface area contributed by atoms with Crippen LogP contribution in [0, 0.1) is 5.92 Å². The van der Waals surface area contributed by atoms with Crippen LogP contribution in [0.1, 0.15) is 58.2 Å². The van der Waals surface area contributed by atoms with E-state index in [1.54, 1.807) is 0 Å². The summed E-state index contributed by atoms with van der Waals surface area (Å²) in [7, 11) is 0. The van der Waals surface area contributed by atoms with Gasteiger partial charge in [0.25, 0.3) is 0 Å². The van der Waals surface area contributed by atoms with Gasteiger partial charge in [0.05, 0.1) is 0 Å². The van der Waals surface area contributed by atoms with E-state index in [0.29, 0.717) is 23.7 Å². The zero-order valence-electron chi connectivity index (χ0n) is 11.6. The van der Waals surface area contributed by atoms with E-state index in [2.05, 4.69) is 36.1 Å². The molecule has 100 valence electrons. The fourth-order valence-corrected chi connectivity index (χ4v) is 2.54. The van der Waals surface area contributed by atoms with E-state index in [-0.39, 0.29) is 0 Å². The Kier molecular flexibility index (Phi) is 4.04. The normalized spacial score (nSPS) is 24.2. The van der Waals surface area contributed by atoms with Crippen LogP contribution >= 0.6 is 0 Å². The minimum Gasteiger partial charge on any atom is -0.384 e. The predicted octanol–water partition coefficient (Wildman–Crippen LogP) is 3.17. The van der Waals surface area contributed by atoms with Gasteiger partial charge in [0, 0.05) is 18.0 Å². The van der Waals surface area contributed by atoms with E-state index in [1.165, 1.54) is 25.7 Å². The Labute approximate surface area is 109 Å². The molecule has 18 heavy (non-hydrogen) atoms. The van der Waals surface area contributed by atoms with Crippen LogP contribution < -0.4 is 11.1 Å². The van der Waals surface area contributed by atoms with Crippen molar-refractivity contribution in [2.24, 2.45) is 5.92 Å². The summed E-state index contributed by atoms with van der Waals surface area (Å²) in [5, 5.41) is 3.54. The van der Waals surface area contributed by atoms with E-state index in [1.807, 2.05) is 6.07 Å². The van der Waals surface area contributed by atoms with Gasteiger partial charge in [-0.2, -0.15) is 0 Å². The smallest absolute Gasteiger partial charge is 0.135 e. The summed E-state index contributed by atoms with van der Waals surface area (Å²) in [6.07, 6.45) is 5.18. The average Bonchev–Trinajstić information content (AvgIpc) is 2.31. The molecule has 2 atom stereocenters. The van der Waals surface area contributed by atoms with Crippen molar-refractivity contribution >= 4 is 11.6 Å². The van der Waals surface area contributed by atoms with Crippen molar-refractivity contribution in [1.82, 2.24) is 9.97 Å². The SMILES string of the molecule is CC(C)c1nc(N)cc(NC2CCCCC2C)n1. The number of nitrogen functional groups attached to an aromatic ring is 1. The van der Waals surface area contributed by atoms with Crippen LogP contribution in [0.2, 0.25) is 0 Å². The minimum atomic E-state index is 0.304. The maximum Gasteiger partial charge on any atom is 0.135 e. The summed E-state index contributed by atoms with van der Waals surface area (Å²) in [6, 6.07) is 2.36. The second-order valence-corrected chi connectivity index (χ2v) is 5.70. The molecule has 0 radical (unpaired) electrons. The first-order valence-corrected chi connectivity index (χ1v) is 6.97. The second kappa shape index (κ2) is 5.55. The fourth-order valence-electron chi connectivity index (χ4n) is 2.54. The number of rotatable bonds is 3. The summed E-state index contributed by atoms with van der Waals surface area (Å²) in [6.45, 7) is 6.48. The Morgan fingerprint density at radius 2 is 2.00 bits per heavy atom. The van der Waals surface area contributed by atoms with Crippen molar-refractivity contribution < 1.29 is 0 Å². The van der Waals surface area contributed by atoms with Gasteiger partial charge < -0.3 is 11.1 Å². The summed E-state index contributed by atoms with van der Waals surface area (Å²) >= 11 is 0. The molecular formula is C14H24N4. The first kappa shape index (κ1) is 13.1. The standard InChI is InChI=1S/C14H24N4/c1-9(2)14-17-12(15)8-13(18-14)16-11-7-5-4-6-10(11)3/h8-11H,4-7H2,1-3H3,(H3,15,16,17,18). The Morgan fingerprint density at radius 1 is 1.28 bits per heavy atom. The third-order valence-electron chi connectivity index (χ3n) is 3.72. The molecule has 1 aliphatic rings. The first-order chi connectivity index (χ1) is 8.56. The molecule has 0 aliphatic heterocycles. The highest BCUT2D eigenvalue weighted by molar-refractivity contribution is 5.45. The van der Waals surface area contributed by atoms with Crippen molar-refractivity contribution in [3.8, 4) is 0 Å². The number of hydrogen-bond acceptors (Lipinski definition) is 4. The van der Waals surface area contributed by atoms with Gasteiger partial charge in [0.15, 0.2) is 0 Å². The summed E-state index contributed by atoms with van der Waals surface area (Å²) in [5.41, 5.74) is 5.85. The van der Waals surface area contributed by atoms with Crippen LogP contribution in [-0.2, 0) is 0 Å². The molecule has 0 bridgehead atoms. The highest BCUT2D eigenvalue weighted by Crippen LogP contribution is 2.27. The monoisotopic (exact) mass is 248 g/mol. The van der Waals surface area contributed by atoms with E-state index in [0.717, 1.165) is 11.6 Å². The van der Waals surface area contributed by atoms with Gasteiger partial charge >= 0.3 is 0 Å². The molecule has 1 heterocycles. The third-order valence-corrected chi connectivity index (χ3v) is 3.72. The van der Waals surface area contributed by atoms with E-state index in [4.69, 9.17) is 5.73 Å². The van der Waals surface area contributed by atoms with Crippen LogP contribution in [-0.4, -0.2) is 16.0 Å². The quantitative estimate of drug-likeness (QED) is 0.862. The molecular weight excluding hydrogens is 224 g/mol. The number of anilines is 2. The van der Waals surface area contributed by atoms with Crippen LogP contribution in [0.5, 0.6) is 0 Å². The molecule has 1 aliphatic carbocycles. The van der Waals surface area contributed by atoms with Gasteiger partial charge in [-0.1, -0.05) is 33.6 Å². The maximum atomic E-state index is 5.85. The zero-order chi connectivity index (χ0) is 13.1. The molecule has 0 amide bonds. The molecule has 2 rings (SSSR count). The largest absolute Gasteiger partial charge is 0.384 e. The predicted molar refractivity (Wildman–Crippen MR) is 75.6 cm³/mol. The van der Waals surface area contributed by atoms with Gasteiger partial charge in [0.1, 0.15) is 17.5 Å². The molecule has 1 saturated carbocycles. The van der Waals surface area contributed by atoms with Crippen LogP contribution in [0.15, 0.2) is 6.07 Å². The topological polar surface area (TPSA) is 63.8 Å². The van der Waals surface area contributed by atoms with Gasteiger partial charge in [-0.05, 0) is 18.8 Å². The second-order valence-electron chi connectivity index (χ2n) is 5.70. The Bertz CT molecular complexity index is 403. The van der Waals surface area contributed by atoms with E-state index >= 15 is 0 Å². The molecule has 0 spiro atoms. The zero-order valence-corrected chi connectivity index (χ0v) is 11.6. The minimum absolute atomic E-state index is 0.304. The van der Waals surface area contributed by atoms with E-state index in [9.17, 15) is 0 Å². The van der Waals surface area contributed by atoms with Crippen LogP contribution in [0.25, 0.3) is 0 Å². The molecule has 1 aromatic rings. The molecule has 1 aromatic heterocycles. The van der Waals surface area contributed by atoms with Crippen LogP contribution in [0.4, 0.5) is 11.6 Å². The molecule has 1 fully saturated rings.